The van der Waals surface area contributed by atoms with E-state index in [4.69, 9.17) is 9.29 Å². The van der Waals surface area contributed by atoms with Crippen molar-refractivity contribution in [1.82, 2.24) is 4.90 Å². The minimum Gasteiger partial charge on any atom is -0.497 e. The molecule has 0 spiro atoms. The van der Waals surface area contributed by atoms with Gasteiger partial charge in [-0.05, 0) is 43.4 Å². The average molecular weight is 448 g/mol. The normalized spacial score (nSPS) is 26.7. The van der Waals surface area contributed by atoms with Crippen LogP contribution in [0, 0.1) is 11.8 Å². The number of hydrogen-bond acceptors (Lipinski definition) is 5. The third kappa shape index (κ3) is 4.62. The van der Waals surface area contributed by atoms with Crippen LogP contribution in [0.3, 0.4) is 0 Å². The molecular formula is C23H31N2O5S+. The Morgan fingerprint density at radius 1 is 1.39 bits per heavy atom. The zero-order valence-electron chi connectivity index (χ0n) is 17.9. The quantitative estimate of drug-likeness (QED) is 0.367. The molecule has 2 aromatic rings. The highest BCUT2D eigenvalue weighted by Gasteiger charge is 2.42. The summed E-state index contributed by atoms with van der Waals surface area (Å²) in [5.74, 6) is 1.48. The van der Waals surface area contributed by atoms with Crippen molar-refractivity contribution < 1.29 is 27.4 Å². The first-order valence-electron chi connectivity index (χ1n) is 10.8. The first-order chi connectivity index (χ1) is 14.8. The fourth-order valence-corrected chi connectivity index (χ4v) is 5.74. The third-order valence-electron chi connectivity index (χ3n) is 6.90. The molecule has 1 aromatic heterocycles. The molecule has 5 rings (SSSR count). The molecule has 8 heteroatoms. The van der Waals surface area contributed by atoms with Crippen LogP contribution in [0.5, 0.6) is 5.75 Å². The maximum Gasteiger partial charge on any atom is 0.265 e. The maximum absolute atomic E-state index is 11.4. The van der Waals surface area contributed by atoms with E-state index in [2.05, 4.69) is 17.6 Å². The van der Waals surface area contributed by atoms with Crippen LogP contribution in [-0.2, 0) is 16.7 Å². The molecule has 0 radical (unpaired) electrons. The molecule has 3 fully saturated rings. The van der Waals surface area contributed by atoms with Gasteiger partial charge in [-0.1, -0.05) is 6.08 Å². The first-order valence-corrected chi connectivity index (χ1v) is 12.4. The summed E-state index contributed by atoms with van der Waals surface area (Å²) in [5, 5.41) is 12.3. The zero-order valence-corrected chi connectivity index (χ0v) is 18.7. The van der Waals surface area contributed by atoms with Crippen LogP contribution < -0.4 is 9.30 Å². The molecule has 1 unspecified atom stereocenters. The van der Waals surface area contributed by atoms with E-state index in [9.17, 15) is 13.5 Å². The lowest BCUT2D eigenvalue weighted by Gasteiger charge is -2.50. The van der Waals surface area contributed by atoms with E-state index in [1.807, 2.05) is 35.0 Å². The van der Waals surface area contributed by atoms with Gasteiger partial charge in [-0.15, -0.1) is 6.58 Å². The Bertz CT molecular complexity index is 1070. The average Bonchev–Trinajstić information content (AvgIpc) is 2.77. The monoisotopic (exact) mass is 447 g/mol. The van der Waals surface area contributed by atoms with Gasteiger partial charge in [0.15, 0.2) is 6.20 Å². The number of piperidine rings is 3. The fraction of sp³-hybridized carbons (Fsp3) is 0.522. The molecule has 3 saturated heterocycles. The second kappa shape index (κ2) is 8.86. The van der Waals surface area contributed by atoms with Crippen LogP contribution in [0.4, 0.5) is 0 Å². The number of rotatable bonds is 8. The summed E-state index contributed by atoms with van der Waals surface area (Å²) in [6.45, 7) is 6.37. The lowest BCUT2D eigenvalue weighted by Crippen LogP contribution is -2.54. The SMILES string of the molecule is C=C[C@H]1CN2CC[C@H]1C[C@@H]2[C@@H](O)c1cc[n+](CCCS(=O)(=O)O)c2ccc(OC)cc12. The molecule has 1 aromatic carbocycles. The molecule has 0 saturated carbocycles. The number of methoxy groups -OCH3 is 1. The topological polar surface area (TPSA) is 91.0 Å². The number of ether oxygens (including phenoxy) is 1. The molecule has 7 nitrogen and oxygen atoms in total. The van der Waals surface area contributed by atoms with Crippen molar-refractivity contribution in [3.63, 3.8) is 0 Å². The number of benzene rings is 1. The molecule has 0 aliphatic carbocycles. The predicted octanol–water partition coefficient (Wildman–Crippen LogP) is 2.34. The first kappa shape index (κ1) is 22.2. The Kier molecular flexibility index (Phi) is 6.35. The van der Waals surface area contributed by atoms with E-state index in [-0.39, 0.29) is 11.8 Å². The number of aryl methyl sites for hydroxylation is 1. The van der Waals surface area contributed by atoms with Crippen LogP contribution in [0.2, 0.25) is 0 Å². The number of aliphatic hydroxyl groups excluding tert-OH is 1. The van der Waals surface area contributed by atoms with Gasteiger partial charge in [-0.3, -0.25) is 9.45 Å². The van der Waals surface area contributed by atoms with E-state index >= 15 is 0 Å². The molecule has 3 aliphatic heterocycles. The number of aromatic nitrogens is 1. The van der Waals surface area contributed by atoms with Gasteiger partial charge in [-0.25, -0.2) is 0 Å². The molecular weight excluding hydrogens is 416 g/mol. The van der Waals surface area contributed by atoms with Gasteiger partial charge in [0, 0.05) is 36.7 Å². The Labute approximate surface area is 183 Å². The van der Waals surface area contributed by atoms with Crippen molar-refractivity contribution in [3.05, 3.63) is 48.7 Å². The Morgan fingerprint density at radius 2 is 2.19 bits per heavy atom. The summed E-state index contributed by atoms with van der Waals surface area (Å²) >= 11 is 0. The van der Waals surface area contributed by atoms with Crippen LogP contribution in [-0.4, -0.2) is 55.0 Å². The number of nitrogens with zero attached hydrogens (tertiary/aromatic N) is 2. The fourth-order valence-electron chi connectivity index (χ4n) is 5.25. The van der Waals surface area contributed by atoms with Gasteiger partial charge < -0.3 is 9.84 Å². The van der Waals surface area contributed by atoms with E-state index in [1.165, 1.54) is 0 Å². The van der Waals surface area contributed by atoms with Crippen molar-refractivity contribution in [2.24, 2.45) is 11.8 Å². The molecule has 4 heterocycles. The highest BCUT2D eigenvalue weighted by atomic mass is 32.2. The second-order valence-electron chi connectivity index (χ2n) is 8.68. The largest absolute Gasteiger partial charge is 0.497 e. The van der Waals surface area contributed by atoms with Crippen LogP contribution in [0.1, 0.15) is 30.9 Å². The lowest BCUT2D eigenvalue weighted by atomic mass is 9.73. The number of hydrogen-bond donors (Lipinski definition) is 2. The van der Waals surface area contributed by atoms with E-state index in [0.717, 1.165) is 42.4 Å². The van der Waals surface area contributed by atoms with Gasteiger partial charge in [-0.2, -0.15) is 13.0 Å². The van der Waals surface area contributed by atoms with Gasteiger partial charge in [0.05, 0.1) is 24.4 Å². The Hall–Kier alpha value is -2.00. The van der Waals surface area contributed by atoms with Crippen molar-refractivity contribution in [1.29, 1.82) is 0 Å². The maximum atomic E-state index is 11.4. The van der Waals surface area contributed by atoms with E-state index < -0.39 is 16.2 Å². The van der Waals surface area contributed by atoms with Crippen LogP contribution >= 0.6 is 0 Å². The molecule has 2 N–H and O–H groups in total. The van der Waals surface area contributed by atoms with Gasteiger partial charge >= 0.3 is 0 Å². The summed E-state index contributed by atoms with van der Waals surface area (Å²) in [4.78, 5) is 2.39. The van der Waals surface area contributed by atoms with E-state index in [1.54, 1.807) is 7.11 Å². The Balaban J connectivity index is 1.66. The predicted molar refractivity (Wildman–Crippen MR) is 118 cm³/mol. The highest BCUT2D eigenvalue weighted by Crippen LogP contribution is 2.42. The van der Waals surface area contributed by atoms with Crippen molar-refractivity contribution in [2.45, 2.75) is 38.0 Å². The van der Waals surface area contributed by atoms with Crippen molar-refractivity contribution in [2.75, 3.05) is 26.0 Å². The summed E-state index contributed by atoms with van der Waals surface area (Å²) in [5.41, 5.74) is 1.75. The van der Waals surface area contributed by atoms with Gasteiger partial charge in [0.1, 0.15) is 12.3 Å². The van der Waals surface area contributed by atoms with Crippen molar-refractivity contribution >= 4 is 21.0 Å². The minimum absolute atomic E-state index is 0.0692. The van der Waals surface area contributed by atoms with Crippen LogP contribution in [0.15, 0.2) is 43.1 Å². The molecule has 2 bridgehead atoms. The lowest BCUT2D eigenvalue weighted by molar-refractivity contribution is -0.671. The number of pyridine rings is 1. The van der Waals surface area contributed by atoms with Crippen molar-refractivity contribution in [3.8, 4) is 5.75 Å². The Morgan fingerprint density at radius 3 is 2.84 bits per heavy atom. The minimum atomic E-state index is -3.99. The summed E-state index contributed by atoms with van der Waals surface area (Å²) in [6, 6.07) is 7.71. The second-order valence-corrected chi connectivity index (χ2v) is 10.3. The molecule has 168 valence electrons. The summed E-state index contributed by atoms with van der Waals surface area (Å²) in [6.07, 6.45) is 5.71. The molecule has 0 amide bonds. The molecule has 3 aliphatic rings. The molecule has 31 heavy (non-hydrogen) atoms. The summed E-state index contributed by atoms with van der Waals surface area (Å²) < 4.78 is 38.6. The number of aliphatic hydroxyl groups is 1. The third-order valence-corrected chi connectivity index (χ3v) is 7.70. The zero-order chi connectivity index (χ0) is 22.2. The number of fused-ring (bicyclic) bond motifs is 4. The standard InChI is InChI=1S/C23H30N2O5S/c1-3-16-15-25-10-7-17(16)13-22(25)23(26)19-8-11-24(9-4-12-31(27,28)29)21-6-5-18(30-2)14-20(19)21/h3,5-6,8,11,14,16-17,22-23,26H,1,4,7,9-10,12-13,15H2,2H3/p+1/t16-,17-,22+,23-/m0/s1. The van der Waals surface area contributed by atoms with Crippen LogP contribution in [0.25, 0.3) is 10.9 Å². The smallest absolute Gasteiger partial charge is 0.265 e. The van der Waals surface area contributed by atoms with Gasteiger partial charge in [0.2, 0.25) is 5.52 Å². The van der Waals surface area contributed by atoms with Gasteiger partial charge in [0.25, 0.3) is 10.1 Å². The highest BCUT2D eigenvalue weighted by molar-refractivity contribution is 7.85. The molecule has 5 atom stereocenters. The summed E-state index contributed by atoms with van der Waals surface area (Å²) in [7, 11) is -2.38. The van der Waals surface area contributed by atoms with E-state index in [0.29, 0.717) is 30.6 Å².